The number of aromatic nitrogens is 1. The molecule has 31 heavy (non-hydrogen) atoms. The number of hydrogen-bond donors (Lipinski definition) is 1. The van der Waals surface area contributed by atoms with E-state index in [1.807, 2.05) is 26.0 Å². The SMILES string of the molecule is CC(CF)C1OC(=O)C[C@@H]1NC(=O)C1(C(C)C)CC(c2nccc3c2C=CCC3)=NO1. The molecule has 1 aliphatic carbocycles. The van der Waals surface area contributed by atoms with Crippen LogP contribution in [-0.4, -0.2) is 47.0 Å². The topological polar surface area (TPSA) is 89.9 Å². The van der Waals surface area contributed by atoms with Crippen molar-refractivity contribution in [2.45, 2.75) is 64.2 Å². The zero-order valence-electron chi connectivity index (χ0n) is 18.1. The van der Waals surface area contributed by atoms with Gasteiger partial charge in [-0.25, -0.2) is 0 Å². The lowest BCUT2D eigenvalue weighted by atomic mass is 9.82. The second-order valence-electron chi connectivity index (χ2n) is 8.89. The Morgan fingerprint density at radius 3 is 2.94 bits per heavy atom. The molecule has 7 nitrogen and oxygen atoms in total. The summed E-state index contributed by atoms with van der Waals surface area (Å²) in [5.41, 5.74) is 2.34. The van der Waals surface area contributed by atoms with E-state index in [-0.39, 0.29) is 24.7 Å². The van der Waals surface area contributed by atoms with Crippen LogP contribution in [0.2, 0.25) is 0 Å². The van der Waals surface area contributed by atoms with Crippen molar-refractivity contribution in [1.29, 1.82) is 0 Å². The molecule has 166 valence electrons. The summed E-state index contributed by atoms with van der Waals surface area (Å²) in [5, 5.41) is 7.16. The number of pyridine rings is 1. The highest BCUT2D eigenvalue weighted by molar-refractivity contribution is 6.06. The Balaban J connectivity index is 1.56. The lowest BCUT2D eigenvalue weighted by molar-refractivity contribution is -0.151. The molecule has 0 bridgehead atoms. The standard InChI is InChI=1S/C23H28FN3O4/c1-13(2)23(22(29)26-17-10-19(28)30-21(17)14(3)12-24)11-18(27-31-23)20-16-7-5-4-6-15(16)8-9-25-20/h5,7-9,13-14,17,21H,4,6,10-12H2,1-3H3,(H,26,29)/t14?,17-,21?,23?/m0/s1. The van der Waals surface area contributed by atoms with Crippen molar-refractivity contribution in [2.75, 3.05) is 6.67 Å². The number of oxime groups is 1. The number of ether oxygens (including phenoxy) is 1. The average Bonchev–Trinajstić information content (AvgIpc) is 3.37. The van der Waals surface area contributed by atoms with Gasteiger partial charge in [0.15, 0.2) is 0 Å². The third kappa shape index (κ3) is 3.83. The van der Waals surface area contributed by atoms with Gasteiger partial charge in [-0.1, -0.05) is 38.1 Å². The number of hydrogen-bond acceptors (Lipinski definition) is 6. The number of rotatable bonds is 6. The van der Waals surface area contributed by atoms with Crippen LogP contribution in [0.1, 0.15) is 56.9 Å². The van der Waals surface area contributed by atoms with Crippen LogP contribution in [-0.2, 0) is 25.6 Å². The second kappa shape index (κ2) is 8.40. The lowest BCUT2D eigenvalue weighted by Gasteiger charge is -2.32. The number of nitrogens with zero attached hydrogens (tertiary/aromatic N) is 2. The fourth-order valence-electron chi connectivity index (χ4n) is 4.46. The van der Waals surface area contributed by atoms with E-state index in [2.05, 4.69) is 21.5 Å². The first-order valence-electron chi connectivity index (χ1n) is 10.8. The Labute approximate surface area is 181 Å². The van der Waals surface area contributed by atoms with Gasteiger partial charge in [0.25, 0.3) is 5.91 Å². The van der Waals surface area contributed by atoms with Gasteiger partial charge in [-0.3, -0.25) is 19.0 Å². The van der Waals surface area contributed by atoms with E-state index < -0.39 is 36.3 Å². The second-order valence-corrected chi connectivity index (χ2v) is 8.89. The van der Waals surface area contributed by atoms with Gasteiger partial charge >= 0.3 is 5.97 Å². The summed E-state index contributed by atoms with van der Waals surface area (Å²) in [6.07, 6.45) is 7.42. The largest absolute Gasteiger partial charge is 0.460 e. The fraction of sp³-hybridized carbons (Fsp3) is 0.565. The van der Waals surface area contributed by atoms with Crippen LogP contribution in [0.3, 0.4) is 0 Å². The Bertz CT molecular complexity index is 945. The molecule has 4 rings (SSSR count). The van der Waals surface area contributed by atoms with Crippen molar-refractivity contribution in [1.82, 2.24) is 10.3 Å². The first-order valence-corrected chi connectivity index (χ1v) is 10.8. The molecule has 0 spiro atoms. The number of nitrogens with one attached hydrogen (secondary N) is 1. The highest BCUT2D eigenvalue weighted by atomic mass is 19.1. The monoisotopic (exact) mass is 429 g/mol. The maximum Gasteiger partial charge on any atom is 0.308 e. The van der Waals surface area contributed by atoms with Crippen LogP contribution in [0.15, 0.2) is 23.5 Å². The minimum atomic E-state index is -1.23. The molecule has 1 saturated heterocycles. The summed E-state index contributed by atoms with van der Waals surface area (Å²) in [6, 6.07) is 1.41. The van der Waals surface area contributed by atoms with Crippen molar-refractivity contribution in [3.63, 3.8) is 0 Å². The number of allylic oxidation sites excluding steroid dienone is 1. The van der Waals surface area contributed by atoms with Crippen molar-refractivity contribution in [3.05, 3.63) is 35.2 Å². The first-order chi connectivity index (χ1) is 14.9. The summed E-state index contributed by atoms with van der Waals surface area (Å²) in [7, 11) is 0. The summed E-state index contributed by atoms with van der Waals surface area (Å²) in [5.74, 6) is -1.51. The van der Waals surface area contributed by atoms with E-state index in [1.54, 1.807) is 13.1 Å². The quantitative estimate of drug-likeness (QED) is 0.703. The number of amides is 1. The summed E-state index contributed by atoms with van der Waals surface area (Å²) in [4.78, 5) is 35.5. The average molecular weight is 429 g/mol. The Morgan fingerprint density at radius 2 is 2.19 bits per heavy atom. The first kappa shape index (κ1) is 21.5. The number of cyclic esters (lactones) is 1. The molecule has 0 saturated carbocycles. The van der Waals surface area contributed by atoms with Gasteiger partial charge in [0.05, 0.1) is 24.8 Å². The van der Waals surface area contributed by atoms with Crippen LogP contribution < -0.4 is 5.32 Å². The molecule has 1 aromatic heterocycles. The van der Waals surface area contributed by atoms with Gasteiger partial charge in [0.1, 0.15) is 11.8 Å². The normalized spacial score (nSPS) is 28.0. The van der Waals surface area contributed by atoms with E-state index in [4.69, 9.17) is 9.57 Å². The third-order valence-electron chi connectivity index (χ3n) is 6.46. The van der Waals surface area contributed by atoms with Gasteiger partial charge in [0.2, 0.25) is 5.60 Å². The predicted molar refractivity (Wildman–Crippen MR) is 113 cm³/mol. The van der Waals surface area contributed by atoms with Crippen LogP contribution >= 0.6 is 0 Å². The molecule has 1 aromatic rings. The molecule has 1 N–H and O–H groups in total. The molecule has 1 amide bonds. The number of alkyl halides is 1. The van der Waals surface area contributed by atoms with Crippen LogP contribution in [0, 0.1) is 11.8 Å². The van der Waals surface area contributed by atoms with Gasteiger partial charge in [-0.2, -0.15) is 0 Å². The Morgan fingerprint density at radius 1 is 1.39 bits per heavy atom. The number of halogens is 1. The van der Waals surface area contributed by atoms with Crippen LogP contribution in [0.5, 0.6) is 0 Å². The number of fused-ring (bicyclic) bond motifs is 1. The summed E-state index contributed by atoms with van der Waals surface area (Å²) in [6.45, 7) is 4.81. The van der Waals surface area contributed by atoms with Gasteiger partial charge in [-0.15, -0.1) is 0 Å². The summed E-state index contributed by atoms with van der Waals surface area (Å²) < 4.78 is 18.5. The van der Waals surface area contributed by atoms with E-state index in [9.17, 15) is 14.0 Å². The fourth-order valence-corrected chi connectivity index (χ4v) is 4.46. The molecule has 0 radical (unpaired) electrons. The van der Waals surface area contributed by atoms with Crippen molar-refractivity contribution in [2.24, 2.45) is 17.0 Å². The van der Waals surface area contributed by atoms with Gasteiger partial charge in [0, 0.05) is 30.0 Å². The zero-order chi connectivity index (χ0) is 22.2. The van der Waals surface area contributed by atoms with Crippen LogP contribution in [0.25, 0.3) is 6.08 Å². The molecule has 3 heterocycles. The maximum absolute atomic E-state index is 13.4. The predicted octanol–water partition coefficient (Wildman–Crippen LogP) is 2.97. The minimum absolute atomic E-state index is 0.0151. The molecule has 1 fully saturated rings. The molecular formula is C23H28FN3O4. The number of carbonyl (C=O) groups excluding carboxylic acids is 2. The molecule has 2 aliphatic heterocycles. The van der Waals surface area contributed by atoms with Crippen molar-refractivity contribution in [3.8, 4) is 0 Å². The Kier molecular flexibility index (Phi) is 5.81. The summed E-state index contributed by atoms with van der Waals surface area (Å²) >= 11 is 0. The van der Waals surface area contributed by atoms with E-state index in [1.165, 1.54) is 5.56 Å². The van der Waals surface area contributed by atoms with E-state index in [0.717, 1.165) is 24.1 Å². The molecule has 3 aliphatic rings. The van der Waals surface area contributed by atoms with Crippen LogP contribution in [0.4, 0.5) is 4.39 Å². The highest BCUT2D eigenvalue weighted by Gasteiger charge is 2.52. The highest BCUT2D eigenvalue weighted by Crippen LogP contribution is 2.36. The van der Waals surface area contributed by atoms with Gasteiger partial charge < -0.3 is 14.9 Å². The molecule has 0 aromatic carbocycles. The maximum atomic E-state index is 13.4. The zero-order valence-corrected chi connectivity index (χ0v) is 18.1. The minimum Gasteiger partial charge on any atom is -0.460 e. The molecular weight excluding hydrogens is 401 g/mol. The Hall–Kier alpha value is -2.77. The van der Waals surface area contributed by atoms with Crippen molar-refractivity contribution < 1.29 is 23.6 Å². The molecule has 8 heteroatoms. The number of aryl methyl sites for hydroxylation is 1. The lowest BCUT2D eigenvalue weighted by Crippen LogP contribution is -2.55. The van der Waals surface area contributed by atoms with E-state index in [0.29, 0.717) is 5.71 Å². The van der Waals surface area contributed by atoms with E-state index >= 15 is 0 Å². The smallest absolute Gasteiger partial charge is 0.308 e. The van der Waals surface area contributed by atoms with Crippen molar-refractivity contribution >= 4 is 23.7 Å². The molecule has 4 atom stereocenters. The third-order valence-corrected chi connectivity index (χ3v) is 6.46. The number of carbonyl (C=O) groups is 2. The van der Waals surface area contributed by atoms with Gasteiger partial charge in [-0.05, 0) is 24.5 Å². The number of esters is 1. The molecule has 3 unspecified atom stereocenters.